The summed E-state index contributed by atoms with van der Waals surface area (Å²) in [7, 11) is 5.47. The Kier molecular flexibility index (Phi) is 3.99. The van der Waals surface area contributed by atoms with E-state index >= 15 is 0 Å². The highest BCUT2D eigenvalue weighted by atomic mass is 16.2. The van der Waals surface area contributed by atoms with Crippen LogP contribution in [-0.4, -0.2) is 41.9 Å². The summed E-state index contributed by atoms with van der Waals surface area (Å²) in [5.74, 6) is 0.540. The molecule has 1 aromatic heterocycles. The molecule has 0 atom stereocenters. The van der Waals surface area contributed by atoms with Crippen molar-refractivity contribution in [1.29, 1.82) is 0 Å². The minimum atomic E-state index is -0.114. The highest BCUT2D eigenvalue weighted by Gasteiger charge is 2.06. The van der Waals surface area contributed by atoms with Crippen molar-refractivity contribution < 1.29 is 4.79 Å². The smallest absolute Gasteiger partial charge is 0.245 e. The normalized spacial score (nSPS) is 9.69. The van der Waals surface area contributed by atoms with Gasteiger partial charge in [0.25, 0.3) is 0 Å². The maximum atomic E-state index is 11.3. The van der Waals surface area contributed by atoms with E-state index in [9.17, 15) is 4.79 Å². The van der Waals surface area contributed by atoms with Crippen molar-refractivity contribution in [3.05, 3.63) is 30.6 Å². The lowest BCUT2D eigenvalue weighted by molar-refractivity contribution is -0.125. The highest BCUT2D eigenvalue weighted by molar-refractivity contribution is 5.86. The molecule has 0 saturated carbocycles. The van der Waals surface area contributed by atoms with Gasteiger partial charge in [-0.25, -0.2) is 9.97 Å². The fourth-order valence-electron chi connectivity index (χ4n) is 1.17. The van der Waals surface area contributed by atoms with E-state index < -0.39 is 0 Å². The first-order valence-electron chi connectivity index (χ1n) is 4.90. The lowest BCUT2D eigenvalue weighted by Crippen LogP contribution is -2.24. The lowest BCUT2D eigenvalue weighted by atomic mass is 10.3. The second kappa shape index (κ2) is 5.25. The number of aromatic nitrogens is 2. The van der Waals surface area contributed by atoms with Crippen LogP contribution >= 0.6 is 0 Å². The van der Waals surface area contributed by atoms with Gasteiger partial charge in [0, 0.05) is 45.6 Å². The molecule has 0 aliphatic rings. The molecule has 5 nitrogen and oxygen atoms in total. The first-order chi connectivity index (χ1) is 7.54. The Morgan fingerprint density at radius 2 is 1.94 bits per heavy atom. The van der Waals surface area contributed by atoms with E-state index in [0.717, 1.165) is 5.56 Å². The van der Waals surface area contributed by atoms with Gasteiger partial charge >= 0.3 is 0 Å². The molecule has 0 radical (unpaired) electrons. The second-order valence-corrected chi connectivity index (χ2v) is 3.68. The molecule has 0 unspecified atom stereocenters. The van der Waals surface area contributed by atoms with E-state index in [-0.39, 0.29) is 5.91 Å². The van der Waals surface area contributed by atoms with Crippen LogP contribution in [0, 0.1) is 0 Å². The van der Waals surface area contributed by atoms with Crippen molar-refractivity contribution in [2.75, 3.05) is 26.0 Å². The van der Waals surface area contributed by atoms with Crippen LogP contribution in [0.1, 0.15) is 5.56 Å². The molecular formula is C11H16N4O. The van der Waals surface area contributed by atoms with E-state index in [2.05, 4.69) is 16.5 Å². The fourth-order valence-corrected chi connectivity index (χ4v) is 1.17. The molecule has 0 aromatic carbocycles. The van der Waals surface area contributed by atoms with Crippen LogP contribution in [-0.2, 0) is 11.3 Å². The molecule has 0 aliphatic carbocycles. The van der Waals surface area contributed by atoms with Crippen LogP contribution in [0.3, 0.4) is 0 Å². The molecule has 16 heavy (non-hydrogen) atoms. The second-order valence-electron chi connectivity index (χ2n) is 3.68. The summed E-state index contributed by atoms with van der Waals surface area (Å²) >= 11 is 0. The van der Waals surface area contributed by atoms with Gasteiger partial charge in [0.15, 0.2) is 0 Å². The van der Waals surface area contributed by atoms with Crippen molar-refractivity contribution in [3.8, 4) is 0 Å². The monoisotopic (exact) mass is 220 g/mol. The van der Waals surface area contributed by atoms with Gasteiger partial charge in [0.05, 0.1) is 0 Å². The lowest BCUT2D eigenvalue weighted by Gasteiger charge is -2.15. The summed E-state index contributed by atoms with van der Waals surface area (Å²) in [4.78, 5) is 23.0. The molecule has 0 N–H and O–H groups in total. The number of rotatable bonds is 4. The fraction of sp³-hybridized carbons (Fsp3) is 0.364. The van der Waals surface area contributed by atoms with E-state index in [4.69, 9.17) is 0 Å². The first kappa shape index (κ1) is 12.2. The molecule has 0 fully saturated rings. The summed E-state index contributed by atoms with van der Waals surface area (Å²) in [6, 6.07) is 0. The third-order valence-corrected chi connectivity index (χ3v) is 2.06. The van der Waals surface area contributed by atoms with Crippen molar-refractivity contribution in [2.45, 2.75) is 6.54 Å². The molecule has 0 spiro atoms. The zero-order valence-electron chi connectivity index (χ0n) is 9.84. The number of likely N-dealkylation sites (N-methyl/N-ethyl adjacent to an activating group) is 1. The topological polar surface area (TPSA) is 49.3 Å². The van der Waals surface area contributed by atoms with E-state index in [1.54, 1.807) is 24.3 Å². The van der Waals surface area contributed by atoms with Crippen LogP contribution < -0.4 is 4.90 Å². The van der Waals surface area contributed by atoms with Crippen LogP contribution in [0.4, 0.5) is 5.95 Å². The first-order valence-corrected chi connectivity index (χ1v) is 4.90. The Balaban J connectivity index is 2.68. The quantitative estimate of drug-likeness (QED) is 0.700. The maximum Gasteiger partial charge on any atom is 0.245 e. The maximum absolute atomic E-state index is 11.3. The SMILES string of the molecule is C=CC(=O)N(C)Cc1cnc(N(C)C)nc1. The molecular weight excluding hydrogens is 204 g/mol. The molecule has 0 saturated heterocycles. The number of carbonyl (C=O) groups excluding carboxylic acids is 1. The van der Waals surface area contributed by atoms with Crippen molar-refractivity contribution in [2.24, 2.45) is 0 Å². The van der Waals surface area contributed by atoms with Gasteiger partial charge in [-0.2, -0.15) is 0 Å². The van der Waals surface area contributed by atoms with Crippen LogP contribution in [0.2, 0.25) is 0 Å². The molecule has 0 bridgehead atoms. The highest BCUT2D eigenvalue weighted by Crippen LogP contribution is 2.05. The predicted octanol–water partition coefficient (Wildman–Crippen LogP) is 0.687. The van der Waals surface area contributed by atoms with E-state index in [0.29, 0.717) is 12.5 Å². The molecule has 1 heterocycles. The van der Waals surface area contributed by atoms with Gasteiger partial charge < -0.3 is 9.80 Å². The van der Waals surface area contributed by atoms with Gasteiger partial charge in [-0.05, 0) is 6.08 Å². The van der Waals surface area contributed by atoms with Crippen LogP contribution in [0.15, 0.2) is 25.0 Å². The summed E-state index contributed by atoms with van der Waals surface area (Å²) in [6.45, 7) is 3.92. The Labute approximate surface area is 95.4 Å². The average Bonchev–Trinajstić information content (AvgIpc) is 2.28. The summed E-state index contributed by atoms with van der Waals surface area (Å²) < 4.78 is 0. The number of anilines is 1. The molecule has 1 aromatic rings. The Morgan fingerprint density at radius 1 is 1.38 bits per heavy atom. The Bertz CT molecular complexity index is 372. The molecule has 1 amide bonds. The standard InChI is InChI=1S/C11H16N4O/c1-5-10(16)15(4)8-9-6-12-11(13-7-9)14(2)3/h5-7H,1,8H2,2-4H3. The zero-order chi connectivity index (χ0) is 12.1. The van der Waals surface area contributed by atoms with Crippen LogP contribution in [0.25, 0.3) is 0 Å². The number of carbonyl (C=O) groups is 1. The number of amides is 1. The summed E-state index contributed by atoms with van der Waals surface area (Å²) in [5, 5.41) is 0. The van der Waals surface area contributed by atoms with Gasteiger partial charge in [-0.3, -0.25) is 4.79 Å². The van der Waals surface area contributed by atoms with Crippen molar-refractivity contribution >= 4 is 11.9 Å². The summed E-state index contributed by atoms with van der Waals surface area (Å²) in [6.07, 6.45) is 4.72. The van der Waals surface area contributed by atoms with Crippen molar-refractivity contribution in [3.63, 3.8) is 0 Å². The average molecular weight is 220 g/mol. The third-order valence-electron chi connectivity index (χ3n) is 2.06. The van der Waals surface area contributed by atoms with E-state index in [1.165, 1.54) is 6.08 Å². The van der Waals surface area contributed by atoms with Gasteiger partial charge in [0.1, 0.15) is 0 Å². The zero-order valence-corrected chi connectivity index (χ0v) is 9.84. The molecule has 1 rings (SSSR count). The van der Waals surface area contributed by atoms with Gasteiger partial charge in [-0.1, -0.05) is 6.58 Å². The van der Waals surface area contributed by atoms with Crippen LogP contribution in [0.5, 0.6) is 0 Å². The molecule has 86 valence electrons. The van der Waals surface area contributed by atoms with E-state index in [1.807, 2.05) is 19.0 Å². The third kappa shape index (κ3) is 3.05. The van der Waals surface area contributed by atoms with Crippen molar-refractivity contribution in [1.82, 2.24) is 14.9 Å². The number of hydrogen-bond acceptors (Lipinski definition) is 4. The van der Waals surface area contributed by atoms with Gasteiger partial charge in [0.2, 0.25) is 11.9 Å². The predicted molar refractivity (Wildman–Crippen MR) is 63.0 cm³/mol. The van der Waals surface area contributed by atoms with Gasteiger partial charge in [-0.15, -0.1) is 0 Å². The number of hydrogen-bond donors (Lipinski definition) is 0. The minimum absolute atomic E-state index is 0.114. The number of nitrogens with zero attached hydrogens (tertiary/aromatic N) is 4. The summed E-state index contributed by atoms with van der Waals surface area (Å²) in [5.41, 5.74) is 0.892. The largest absolute Gasteiger partial charge is 0.347 e. The molecule has 0 aliphatic heterocycles. The Morgan fingerprint density at radius 3 is 2.38 bits per heavy atom. The Hall–Kier alpha value is -1.91. The molecule has 5 heteroatoms. The minimum Gasteiger partial charge on any atom is -0.347 e.